The minimum Gasteiger partial charge on any atom is -0.457 e. The van der Waals surface area contributed by atoms with Crippen molar-refractivity contribution in [3.8, 4) is 11.5 Å². The first-order chi connectivity index (χ1) is 13.8. The fourth-order valence-electron chi connectivity index (χ4n) is 2.90. The van der Waals surface area contributed by atoms with E-state index in [0.29, 0.717) is 13.8 Å². The maximum atomic E-state index is 13.3. The Morgan fingerprint density at radius 3 is 1.23 bits per heavy atom. The second-order valence-corrected chi connectivity index (χ2v) is 7.64. The van der Waals surface area contributed by atoms with Crippen LogP contribution in [0.15, 0.2) is 24.3 Å². The summed E-state index contributed by atoms with van der Waals surface area (Å²) in [5.74, 6) is -0.430. The first kappa shape index (κ1) is 24.6. The minimum absolute atomic E-state index is 0.145. The van der Waals surface area contributed by atoms with E-state index >= 15 is 0 Å². The van der Waals surface area contributed by atoms with Gasteiger partial charge in [0.05, 0.1) is 0 Å². The average molecular weight is 452 g/mol. The van der Waals surface area contributed by atoms with Gasteiger partial charge in [0, 0.05) is 22.5 Å². The molecule has 0 aliphatic carbocycles. The molecule has 2 atom stereocenters. The molecule has 2 aromatic rings. The van der Waals surface area contributed by atoms with Gasteiger partial charge in [0.25, 0.3) is 0 Å². The predicted molar refractivity (Wildman–Crippen MR) is 103 cm³/mol. The summed E-state index contributed by atoms with van der Waals surface area (Å²) in [5, 5.41) is 20.0. The zero-order valence-electron chi connectivity index (χ0n) is 17.0. The molecular weight excluding hydrogens is 430 g/mol. The highest BCUT2D eigenvalue weighted by Gasteiger charge is 2.53. The summed E-state index contributed by atoms with van der Waals surface area (Å²) in [6.07, 6.45) is -10.1. The summed E-state index contributed by atoms with van der Waals surface area (Å²) in [7, 11) is 0. The Morgan fingerprint density at radius 1 is 0.677 bits per heavy atom. The maximum Gasteiger partial charge on any atom is 0.421 e. The number of rotatable bonds is 4. The van der Waals surface area contributed by atoms with Crippen LogP contribution in [-0.2, 0) is 11.2 Å². The van der Waals surface area contributed by atoms with Gasteiger partial charge in [-0.15, -0.1) is 0 Å². The summed E-state index contributed by atoms with van der Waals surface area (Å²) < 4.78 is 85.2. The smallest absolute Gasteiger partial charge is 0.421 e. The summed E-state index contributed by atoms with van der Waals surface area (Å²) in [6.45, 7) is 3.81. The van der Waals surface area contributed by atoms with Crippen LogP contribution in [-0.4, -0.2) is 22.6 Å². The Bertz CT molecular complexity index is 918. The van der Waals surface area contributed by atoms with Crippen LogP contribution in [0.2, 0.25) is 0 Å². The number of nitrogen functional groups attached to an aromatic ring is 2. The number of nitrogens with two attached hydrogens (primary N) is 2. The van der Waals surface area contributed by atoms with Gasteiger partial charge >= 0.3 is 12.4 Å². The van der Waals surface area contributed by atoms with E-state index in [1.165, 1.54) is 26.0 Å². The number of aliphatic hydroxyl groups is 2. The van der Waals surface area contributed by atoms with E-state index in [2.05, 4.69) is 0 Å². The summed E-state index contributed by atoms with van der Waals surface area (Å²) >= 11 is 0. The van der Waals surface area contributed by atoms with Crippen LogP contribution in [0.3, 0.4) is 0 Å². The summed E-state index contributed by atoms with van der Waals surface area (Å²) in [6, 6.07) is 4.23. The van der Waals surface area contributed by atoms with Gasteiger partial charge in [0.1, 0.15) is 11.5 Å². The van der Waals surface area contributed by atoms with E-state index in [4.69, 9.17) is 16.2 Å². The van der Waals surface area contributed by atoms with Crippen molar-refractivity contribution in [3.05, 3.63) is 46.5 Å². The van der Waals surface area contributed by atoms with Crippen LogP contribution >= 0.6 is 0 Å². The number of halogens is 6. The molecule has 11 heteroatoms. The fraction of sp³-hybridized carbons (Fsp3) is 0.400. The van der Waals surface area contributed by atoms with E-state index in [0.717, 1.165) is 12.1 Å². The number of hydrogen-bond donors (Lipinski definition) is 4. The minimum atomic E-state index is -5.05. The lowest BCUT2D eigenvalue weighted by Crippen LogP contribution is -2.40. The van der Waals surface area contributed by atoms with Crippen LogP contribution in [0, 0.1) is 13.8 Å². The molecule has 0 saturated heterocycles. The molecule has 6 N–H and O–H groups in total. The van der Waals surface area contributed by atoms with Gasteiger partial charge in [-0.05, 0) is 63.1 Å². The molecule has 0 spiro atoms. The quantitative estimate of drug-likeness (QED) is 0.394. The standard InChI is InChI=1S/C20H22F6N2O3/c1-9-5-11(7-13(15(9)27)17(3,29)19(21,22)23)31-12-6-10(2)16(28)14(8-12)18(4,30)20(24,25)26/h5-8,29-30H,27-28H2,1-4H3. The number of anilines is 2. The maximum absolute atomic E-state index is 13.3. The predicted octanol–water partition coefficient (Wildman–Crippen LogP) is 4.80. The van der Waals surface area contributed by atoms with E-state index in [1.807, 2.05) is 0 Å². The molecule has 2 unspecified atom stereocenters. The summed E-state index contributed by atoms with van der Waals surface area (Å²) in [5.41, 5.74) is 3.12. The fourth-order valence-corrected chi connectivity index (χ4v) is 2.90. The molecule has 0 heterocycles. The molecule has 31 heavy (non-hydrogen) atoms. The van der Waals surface area contributed by atoms with Crippen molar-refractivity contribution in [2.24, 2.45) is 0 Å². The Balaban J connectivity index is 2.61. The van der Waals surface area contributed by atoms with Gasteiger partial charge < -0.3 is 26.4 Å². The first-order valence-electron chi connectivity index (χ1n) is 8.88. The third-order valence-corrected chi connectivity index (χ3v) is 5.11. The van der Waals surface area contributed by atoms with Gasteiger partial charge in [-0.2, -0.15) is 26.3 Å². The van der Waals surface area contributed by atoms with Crippen molar-refractivity contribution in [2.45, 2.75) is 51.2 Å². The zero-order valence-corrected chi connectivity index (χ0v) is 17.0. The van der Waals surface area contributed by atoms with Crippen molar-refractivity contribution in [2.75, 3.05) is 11.5 Å². The second kappa shape index (κ2) is 7.49. The number of alkyl halides is 6. The SMILES string of the molecule is Cc1cc(Oc2cc(C)c(N)c(C(C)(O)C(F)(F)F)c2)cc(C(C)(O)C(F)(F)F)c1N. The Hall–Kier alpha value is -2.66. The number of ether oxygens (including phenoxy) is 1. The van der Waals surface area contributed by atoms with Gasteiger partial charge in [-0.3, -0.25) is 0 Å². The van der Waals surface area contributed by atoms with Crippen molar-refractivity contribution in [1.82, 2.24) is 0 Å². The highest BCUT2D eigenvalue weighted by molar-refractivity contribution is 5.62. The van der Waals surface area contributed by atoms with E-state index in [9.17, 15) is 36.6 Å². The average Bonchev–Trinajstić information content (AvgIpc) is 2.58. The molecule has 0 aliphatic heterocycles. The molecule has 2 aromatic carbocycles. The first-order valence-corrected chi connectivity index (χ1v) is 8.88. The molecular formula is C20H22F6N2O3. The van der Waals surface area contributed by atoms with Crippen molar-refractivity contribution in [1.29, 1.82) is 0 Å². The molecule has 172 valence electrons. The highest BCUT2D eigenvalue weighted by atomic mass is 19.4. The summed E-state index contributed by atoms with van der Waals surface area (Å²) in [4.78, 5) is 0. The van der Waals surface area contributed by atoms with Crippen molar-refractivity contribution >= 4 is 11.4 Å². The molecule has 5 nitrogen and oxygen atoms in total. The second-order valence-electron chi connectivity index (χ2n) is 7.64. The van der Waals surface area contributed by atoms with E-state index in [1.54, 1.807) is 0 Å². The highest BCUT2D eigenvalue weighted by Crippen LogP contribution is 2.45. The Labute approximate surface area is 174 Å². The van der Waals surface area contributed by atoms with Crippen LogP contribution < -0.4 is 16.2 Å². The monoisotopic (exact) mass is 452 g/mol. The van der Waals surface area contributed by atoms with Crippen LogP contribution in [0.4, 0.5) is 37.7 Å². The van der Waals surface area contributed by atoms with Crippen LogP contribution in [0.25, 0.3) is 0 Å². The van der Waals surface area contributed by atoms with E-state index < -0.39 is 34.7 Å². The largest absolute Gasteiger partial charge is 0.457 e. The normalized spacial score (nSPS) is 16.5. The molecule has 0 aromatic heterocycles. The van der Waals surface area contributed by atoms with Crippen LogP contribution in [0.1, 0.15) is 36.1 Å². The molecule has 0 fully saturated rings. The van der Waals surface area contributed by atoms with Gasteiger partial charge in [0.15, 0.2) is 11.2 Å². The van der Waals surface area contributed by atoms with Crippen molar-refractivity contribution < 1.29 is 41.3 Å². The lowest BCUT2D eigenvalue weighted by Gasteiger charge is -2.29. The topological polar surface area (TPSA) is 102 Å². The third kappa shape index (κ3) is 4.38. The lowest BCUT2D eigenvalue weighted by atomic mass is 9.91. The van der Waals surface area contributed by atoms with Crippen LogP contribution in [0.5, 0.6) is 11.5 Å². The molecule has 2 rings (SSSR count). The van der Waals surface area contributed by atoms with E-state index in [-0.39, 0.29) is 34.0 Å². The van der Waals surface area contributed by atoms with Gasteiger partial charge in [-0.1, -0.05) is 0 Å². The number of aryl methyl sites for hydroxylation is 2. The van der Waals surface area contributed by atoms with Gasteiger partial charge in [0.2, 0.25) is 0 Å². The lowest BCUT2D eigenvalue weighted by molar-refractivity contribution is -0.258. The third-order valence-electron chi connectivity index (χ3n) is 5.11. The molecule has 0 radical (unpaired) electrons. The number of benzene rings is 2. The molecule has 0 amide bonds. The zero-order chi connectivity index (χ0) is 24.2. The van der Waals surface area contributed by atoms with Crippen molar-refractivity contribution in [3.63, 3.8) is 0 Å². The Morgan fingerprint density at radius 2 is 0.968 bits per heavy atom. The van der Waals surface area contributed by atoms with Gasteiger partial charge in [-0.25, -0.2) is 0 Å². The molecule has 0 saturated carbocycles. The molecule has 0 bridgehead atoms. The number of hydrogen-bond acceptors (Lipinski definition) is 5. The Kier molecular flexibility index (Phi) is 5.94. The molecule has 0 aliphatic rings.